The fraction of sp³-hybridized carbons (Fsp3) is 0.250. The van der Waals surface area contributed by atoms with Gasteiger partial charge < -0.3 is 10.7 Å². The van der Waals surface area contributed by atoms with Gasteiger partial charge >= 0.3 is 0 Å². The van der Waals surface area contributed by atoms with E-state index in [1.54, 1.807) is 6.07 Å². The van der Waals surface area contributed by atoms with Crippen LogP contribution < -0.4 is 11.3 Å². The van der Waals surface area contributed by atoms with Gasteiger partial charge in [-0.2, -0.15) is 0 Å². The molecule has 1 heterocycles. The number of pyridine rings is 1. The van der Waals surface area contributed by atoms with E-state index < -0.39 is 5.91 Å². The summed E-state index contributed by atoms with van der Waals surface area (Å²) >= 11 is 0. The number of hydrogen-bond donors (Lipinski definition) is 2. The van der Waals surface area contributed by atoms with Gasteiger partial charge in [0.25, 0.3) is 0 Å². The monoisotopic (exact) mass is 166 g/mol. The van der Waals surface area contributed by atoms with Gasteiger partial charge in [0.05, 0.1) is 0 Å². The molecule has 1 amide bonds. The minimum absolute atomic E-state index is 0.260. The zero-order chi connectivity index (χ0) is 9.14. The lowest BCUT2D eigenvalue weighted by Crippen LogP contribution is -2.17. The summed E-state index contributed by atoms with van der Waals surface area (Å²) < 4.78 is 0. The number of hydrogen-bond acceptors (Lipinski definition) is 2. The van der Waals surface area contributed by atoms with Crippen molar-refractivity contribution in [3.05, 3.63) is 33.7 Å². The second-order valence-electron chi connectivity index (χ2n) is 2.48. The van der Waals surface area contributed by atoms with E-state index in [-0.39, 0.29) is 11.1 Å². The molecule has 0 radical (unpaired) electrons. The Bertz CT molecular complexity index is 354. The van der Waals surface area contributed by atoms with Crippen LogP contribution in [0.5, 0.6) is 0 Å². The molecule has 0 spiro atoms. The van der Waals surface area contributed by atoms with E-state index in [4.69, 9.17) is 5.73 Å². The number of aryl methyl sites for hydroxylation is 1. The lowest BCUT2D eigenvalue weighted by molar-refractivity contribution is 0.1000. The van der Waals surface area contributed by atoms with Crippen LogP contribution >= 0.6 is 0 Å². The summed E-state index contributed by atoms with van der Waals surface area (Å²) in [5.74, 6) is -0.573. The zero-order valence-corrected chi connectivity index (χ0v) is 6.76. The third kappa shape index (κ3) is 1.72. The van der Waals surface area contributed by atoms with Crippen LogP contribution in [-0.2, 0) is 6.42 Å². The number of amides is 1. The molecule has 0 aliphatic heterocycles. The Labute approximate surface area is 69.4 Å². The molecule has 0 saturated heterocycles. The van der Waals surface area contributed by atoms with Crippen LogP contribution in [0.25, 0.3) is 0 Å². The average Bonchev–Trinajstić information content (AvgIpc) is 2.03. The molecule has 1 rings (SSSR count). The van der Waals surface area contributed by atoms with Crippen molar-refractivity contribution >= 4 is 5.91 Å². The first-order valence-electron chi connectivity index (χ1n) is 3.66. The minimum atomic E-state index is -0.573. The fourth-order valence-corrected chi connectivity index (χ4v) is 0.934. The third-order valence-corrected chi connectivity index (χ3v) is 1.57. The molecule has 4 heteroatoms. The van der Waals surface area contributed by atoms with Crippen LogP contribution in [0.4, 0.5) is 0 Å². The second-order valence-corrected chi connectivity index (χ2v) is 2.48. The lowest BCUT2D eigenvalue weighted by atomic mass is 10.2. The van der Waals surface area contributed by atoms with Crippen LogP contribution in [0.1, 0.15) is 23.0 Å². The van der Waals surface area contributed by atoms with Gasteiger partial charge in [0.15, 0.2) is 0 Å². The number of carbonyl (C=O) groups is 1. The lowest BCUT2D eigenvalue weighted by Gasteiger charge is -1.98. The molecule has 64 valence electrons. The maximum absolute atomic E-state index is 10.9. The largest absolute Gasteiger partial charge is 0.366 e. The fourth-order valence-electron chi connectivity index (χ4n) is 0.934. The molecule has 12 heavy (non-hydrogen) atoms. The number of rotatable bonds is 2. The zero-order valence-electron chi connectivity index (χ0n) is 6.76. The first-order valence-corrected chi connectivity index (χ1v) is 3.66. The SMILES string of the molecule is CCc1cc(C(N)=O)cc(=O)[nH]1. The van der Waals surface area contributed by atoms with E-state index in [1.165, 1.54) is 6.07 Å². The quantitative estimate of drug-likeness (QED) is 0.650. The maximum atomic E-state index is 10.9. The Kier molecular flexibility index (Phi) is 2.28. The van der Waals surface area contributed by atoms with Gasteiger partial charge in [-0.15, -0.1) is 0 Å². The molecule has 0 atom stereocenters. The highest BCUT2D eigenvalue weighted by molar-refractivity contribution is 5.92. The van der Waals surface area contributed by atoms with Crippen LogP contribution in [0, 0.1) is 0 Å². The molecule has 3 N–H and O–H groups in total. The number of primary amides is 1. The molecule has 0 aliphatic rings. The van der Waals surface area contributed by atoms with Crippen LogP contribution in [0.15, 0.2) is 16.9 Å². The summed E-state index contributed by atoms with van der Waals surface area (Å²) in [4.78, 5) is 24.2. The standard InChI is InChI=1S/C8H10N2O2/c1-2-6-3-5(8(9)12)4-7(11)10-6/h3-4H,2H2,1H3,(H2,9,12)(H,10,11). The van der Waals surface area contributed by atoms with Gasteiger partial charge in [0.2, 0.25) is 11.5 Å². The molecular formula is C8H10N2O2. The smallest absolute Gasteiger partial charge is 0.248 e. The summed E-state index contributed by atoms with van der Waals surface area (Å²) in [6.07, 6.45) is 0.677. The van der Waals surface area contributed by atoms with E-state index in [9.17, 15) is 9.59 Å². The number of aromatic amines is 1. The van der Waals surface area contributed by atoms with Crippen molar-refractivity contribution in [3.63, 3.8) is 0 Å². The highest BCUT2D eigenvalue weighted by Gasteiger charge is 2.02. The van der Waals surface area contributed by atoms with Crippen LogP contribution in [-0.4, -0.2) is 10.9 Å². The maximum Gasteiger partial charge on any atom is 0.248 e. The summed E-state index contributed by atoms with van der Waals surface area (Å²) in [5, 5.41) is 0. The summed E-state index contributed by atoms with van der Waals surface area (Å²) in [5.41, 5.74) is 5.70. The Morgan fingerprint density at radius 1 is 1.58 bits per heavy atom. The first-order chi connectivity index (χ1) is 5.63. The predicted molar refractivity (Wildman–Crippen MR) is 45.0 cm³/mol. The van der Waals surface area contributed by atoms with Gasteiger partial charge in [0.1, 0.15) is 0 Å². The highest BCUT2D eigenvalue weighted by Crippen LogP contribution is 1.97. The summed E-state index contributed by atoms with van der Waals surface area (Å²) in [7, 11) is 0. The molecule has 0 aliphatic carbocycles. The normalized spacial score (nSPS) is 9.75. The van der Waals surface area contributed by atoms with Gasteiger partial charge in [-0.3, -0.25) is 9.59 Å². The number of H-pyrrole nitrogens is 1. The van der Waals surface area contributed by atoms with E-state index in [1.807, 2.05) is 6.92 Å². The minimum Gasteiger partial charge on any atom is -0.366 e. The van der Waals surface area contributed by atoms with Crippen molar-refractivity contribution in [2.24, 2.45) is 5.73 Å². The van der Waals surface area contributed by atoms with Crippen LogP contribution in [0.2, 0.25) is 0 Å². The van der Waals surface area contributed by atoms with Gasteiger partial charge in [-0.05, 0) is 12.5 Å². The Balaban J connectivity index is 3.24. The molecular weight excluding hydrogens is 156 g/mol. The highest BCUT2D eigenvalue weighted by atomic mass is 16.1. The number of aromatic nitrogens is 1. The van der Waals surface area contributed by atoms with Crippen molar-refractivity contribution in [1.29, 1.82) is 0 Å². The van der Waals surface area contributed by atoms with Crippen molar-refractivity contribution in [2.75, 3.05) is 0 Å². The topological polar surface area (TPSA) is 76.0 Å². The molecule has 0 unspecified atom stereocenters. The molecule has 1 aromatic rings. The Morgan fingerprint density at radius 3 is 2.75 bits per heavy atom. The van der Waals surface area contributed by atoms with Crippen molar-refractivity contribution in [2.45, 2.75) is 13.3 Å². The van der Waals surface area contributed by atoms with Crippen molar-refractivity contribution < 1.29 is 4.79 Å². The van der Waals surface area contributed by atoms with E-state index >= 15 is 0 Å². The second kappa shape index (κ2) is 3.21. The average molecular weight is 166 g/mol. The van der Waals surface area contributed by atoms with Crippen molar-refractivity contribution in [1.82, 2.24) is 4.98 Å². The summed E-state index contributed by atoms with van der Waals surface area (Å²) in [6.45, 7) is 1.88. The Morgan fingerprint density at radius 2 is 2.25 bits per heavy atom. The molecule has 4 nitrogen and oxygen atoms in total. The molecule has 0 saturated carbocycles. The molecule has 0 aromatic carbocycles. The summed E-state index contributed by atoms with van der Waals surface area (Å²) in [6, 6.07) is 2.78. The molecule has 1 aromatic heterocycles. The van der Waals surface area contributed by atoms with E-state index in [0.29, 0.717) is 6.42 Å². The van der Waals surface area contributed by atoms with Crippen LogP contribution in [0.3, 0.4) is 0 Å². The van der Waals surface area contributed by atoms with Crippen molar-refractivity contribution in [3.8, 4) is 0 Å². The number of nitrogens with two attached hydrogens (primary N) is 1. The van der Waals surface area contributed by atoms with Gasteiger partial charge in [-0.25, -0.2) is 0 Å². The molecule has 0 fully saturated rings. The molecule has 0 bridgehead atoms. The first kappa shape index (κ1) is 8.52. The number of carbonyl (C=O) groups excluding carboxylic acids is 1. The third-order valence-electron chi connectivity index (χ3n) is 1.57. The van der Waals surface area contributed by atoms with Gasteiger partial charge in [-0.1, -0.05) is 6.92 Å². The van der Waals surface area contributed by atoms with E-state index in [0.717, 1.165) is 5.69 Å². The Hall–Kier alpha value is -1.58. The van der Waals surface area contributed by atoms with E-state index in [2.05, 4.69) is 4.98 Å². The predicted octanol–water partition coefficient (Wildman–Crippen LogP) is 0.0362. The van der Waals surface area contributed by atoms with Gasteiger partial charge in [0, 0.05) is 17.3 Å². The number of nitrogens with one attached hydrogen (secondary N) is 1.